The monoisotopic (exact) mass is 490 g/mol. The number of aryl methyl sites for hydroxylation is 2. The van der Waals surface area contributed by atoms with Gasteiger partial charge in [0.2, 0.25) is 0 Å². The molecule has 0 aliphatic carbocycles. The van der Waals surface area contributed by atoms with Crippen LogP contribution < -0.4 is 11.1 Å². The Balaban J connectivity index is 0.00000298. The summed E-state index contributed by atoms with van der Waals surface area (Å²) in [5.74, 6) is 1.01. The first kappa shape index (κ1) is 30.4. The van der Waals surface area contributed by atoms with Crippen molar-refractivity contribution in [3.8, 4) is 0 Å². The maximum atomic E-state index is 6.07. The molecule has 190 valence electrons. The molecule has 0 unspecified atom stereocenters. The summed E-state index contributed by atoms with van der Waals surface area (Å²) in [6.07, 6.45) is 8.70. The van der Waals surface area contributed by atoms with Crippen LogP contribution in [0.1, 0.15) is 73.9 Å². The number of allylic oxidation sites excluding steroid dienone is 2. The lowest BCUT2D eigenvalue weighted by molar-refractivity contribution is 0.785. The minimum absolute atomic E-state index is 0.565. The van der Waals surface area contributed by atoms with E-state index in [0.717, 1.165) is 47.4 Å². The Morgan fingerprint density at radius 2 is 1.74 bits per heavy atom. The number of unbranched alkanes of at least 4 members (excludes halogenated alkanes) is 1. The largest absolute Gasteiger partial charge is 0.399 e. The van der Waals surface area contributed by atoms with Crippen molar-refractivity contribution in [2.24, 2.45) is 5.73 Å². The van der Waals surface area contributed by atoms with Gasteiger partial charge in [-0.3, -0.25) is 0 Å². The van der Waals surface area contributed by atoms with Gasteiger partial charge in [0.15, 0.2) is 0 Å². The number of rotatable bonds is 13. The van der Waals surface area contributed by atoms with Crippen molar-refractivity contribution in [1.82, 2.24) is 5.32 Å². The lowest BCUT2D eigenvalue weighted by Crippen LogP contribution is -2.09. The van der Waals surface area contributed by atoms with Gasteiger partial charge < -0.3 is 11.1 Å². The summed E-state index contributed by atoms with van der Waals surface area (Å²) in [6.45, 7) is 23.5. The molecule has 0 saturated carbocycles. The number of nitrogens with two attached hydrogens (primary N) is 1. The molecule has 0 aliphatic rings. The second kappa shape index (κ2) is 16.1. The SMILES string of the molecule is C=C(CSC)Cc1cc(CN/C=C(\C(=C)C)c2cc(C)ccc2C(=C)N)ccc1CCCC.CC. The summed E-state index contributed by atoms with van der Waals surface area (Å²) in [4.78, 5) is 0. The standard InChI is InChI=1S/C30H40N2S.C2H6/c1-8-9-10-26-13-12-25(17-27(26)15-23(5)20-33-7)18-32-19-30(21(2)3)29-16-22(4)11-14-28(29)24(6)31;1-2/h11-14,16-17,19,32H,2,5-6,8-10,15,18,20,31H2,1,3-4,7H3;1-2H3/b30-19+;. The van der Waals surface area contributed by atoms with E-state index in [-0.39, 0.29) is 0 Å². The zero-order valence-corrected chi connectivity index (χ0v) is 23.7. The fourth-order valence-corrected chi connectivity index (χ4v) is 4.46. The van der Waals surface area contributed by atoms with E-state index < -0.39 is 0 Å². The number of hydrogen-bond donors (Lipinski definition) is 2. The van der Waals surface area contributed by atoms with Gasteiger partial charge in [-0.05, 0) is 67.2 Å². The van der Waals surface area contributed by atoms with Gasteiger partial charge in [0.1, 0.15) is 0 Å². The fourth-order valence-electron chi connectivity index (χ4n) is 3.95. The van der Waals surface area contributed by atoms with Gasteiger partial charge in [-0.15, -0.1) is 0 Å². The van der Waals surface area contributed by atoms with Crippen molar-refractivity contribution in [2.45, 2.75) is 66.8 Å². The number of benzene rings is 2. The van der Waals surface area contributed by atoms with E-state index in [0.29, 0.717) is 5.70 Å². The third kappa shape index (κ3) is 9.85. The van der Waals surface area contributed by atoms with E-state index in [2.05, 4.69) is 81.7 Å². The van der Waals surface area contributed by atoms with E-state index in [1.54, 1.807) is 0 Å². The van der Waals surface area contributed by atoms with Gasteiger partial charge in [0.25, 0.3) is 0 Å². The van der Waals surface area contributed by atoms with Crippen LogP contribution >= 0.6 is 11.8 Å². The molecule has 0 atom stereocenters. The van der Waals surface area contributed by atoms with Crippen molar-refractivity contribution in [3.63, 3.8) is 0 Å². The third-order valence-corrected chi connectivity index (χ3v) is 6.38. The van der Waals surface area contributed by atoms with Crippen LogP contribution in [0.5, 0.6) is 0 Å². The molecule has 2 rings (SSSR count). The minimum atomic E-state index is 0.565. The average molecular weight is 491 g/mol. The molecule has 0 aromatic heterocycles. The van der Waals surface area contributed by atoms with Crippen LogP contribution in [0.3, 0.4) is 0 Å². The van der Waals surface area contributed by atoms with Crippen LogP contribution in [0, 0.1) is 6.92 Å². The Hall–Kier alpha value is -2.65. The third-order valence-electron chi connectivity index (χ3n) is 5.68. The van der Waals surface area contributed by atoms with Crippen LogP contribution in [0.15, 0.2) is 73.5 Å². The summed E-state index contributed by atoms with van der Waals surface area (Å²) in [5, 5.41) is 3.52. The van der Waals surface area contributed by atoms with Crippen LogP contribution in [-0.2, 0) is 19.4 Å². The summed E-state index contributed by atoms with van der Waals surface area (Å²) in [7, 11) is 0. The van der Waals surface area contributed by atoms with Gasteiger partial charge in [0, 0.05) is 35.3 Å². The second-order valence-electron chi connectivity index (χ2n) is 8.86. The first-order chi connectivity index (χ1) is 16.8. The normalized spacial score (nSPS) is 10.9. The van der Waals surface area contributed by atoms with Crippen molar-refractivity contribution in [1.29, 1.82) is 0 Å². The Kier molecular flexibility index (Phi) is 14.0. The lowest BCUT2D eigenvalue weighted by atomic mass is 9.93. The number of nitrogens with one attached hydrogen (secondary N) is 1. The molecule has 2 aromatic rings. The zero-order valence-electron chi connectivity index (χ0n) is 22.9. The molecule has 3 N–H and O–H groups in total. The summed E-state index contributed by atoms with van der Waals surface area (Å²) in [5.41, 5.74) is 17.3. The molecule has 0 amide bonds. The van der Waals surface area contributed by atoms with E-state index >= 15 is 0 Å². The fraction of sp³-hybridized carbons (Fsp3) is 0.375. The Labute approximate surface area is 219 Å². The topological polar surface area (TPSA) is 38.0 Å². The predicted molar refractivity (Wildman–Crippen MR) is 162 cm³/mol. The minimum Gasteiger partial charge on any atom is -0.399 e. The molecule has 0 fully saturated rings. The maximum Gasteiger partial charge on any atom is 0.0395 e. The highest BCUT2D eigenvalue weighted by molar-refractivity contribution is 7.98. The van der Waals surface area contributed by atoms with Crippen molar-refractivity contribution >= 4 is 23.0 Å². The molecular formula is C32H46N2S. The van der Waals surface area contributed by atoms with Crippen molar-refractivity contribution in [2.75, 3.05) is 12.0 Å². The smallest absolute Gasteiger partial charge is 0.0395 e. The highest BCUT2D eigenvalue weighted by Crippen LogP contribution is 2.28. The van der Waals surface area contributed by atoms with Crippen LogP contribution in [-0.4, -0.2) is 12.0 Å². The summed E-state index contributed by atoms with van der Waals surface area (Å²) >= 11 is 1.84. The van der Waals surface area contributed by atoms with Gasteiger partial charge in [-0.1, -0.05) is 94.5 Å². The first-order valence-electron chi connectivity index (χ1n) is 12.7. The Morgan fingerprint density at radius 3 is 2.34 bits per heavy atom. The molecule has 2 aromatic carbocycles. The molecule has 0 heterocycles. The highest BCUT2D eigenvalue weighted by Gasteiger charge is 2.11. The van der Waals surface area contributed by atoms with E-state index in [4.69, 9.17) is 5.73 Å². The van der Waals surface area contributed by atoms with Gasteiger partial charge in [-0.2, -0.15) is 11.8 Å². The summed E-state index contributed by atoms with van der Waals surface area (Å²) in [6, 6.07) is 13.1. The second-order valence-corrected chi connectivity index (χ2v) is 9.73. The number of hydrogen-bond acceptors (Lipinski definition) is 3. The van der Waals surface area contributed by atoms with Crippen LogP contribution in [0.2, 0.25) is 0 Å². The van der Waals surface area contributed by atoms with Crippen molar-refractivity contribution < 1.29 is 0 Å². The lowest BCUT2D eigenvalue weighted by Gasteiger charge is -2.16. The van der Waals surface area contributed by atoms with E-state index in [1.165, 1.54) is 40.7 Å². The first-order valence-corrected chi connectivity index (χ1v) is 14.1. The quantitative estimate of drug-likeness (QED) is 0.218. The molecule has 0 bridgehead atoms. The van der Waals surface area contributed by atoms with Gasteiger partial charge in [-0.25, -0.2) is 0 Å². The van der Waals surface area contributed by atoms with Gasteiger partial charge >= 0.3 is 0 Å². The molecule has 0 saturated heterocycles. The molecule has 0 spiro atoms. The Bertz CT molecular complexity index is 1030. The van der Waals surface area contributed by atoms with E-state index in [1.807, 2.05) is 38.6 Å². The summed E-state index contributed by atoms with van der Waals surface area (Å²) < 4.78 is 0. The number of thioether (sulfide) groups is 1. The molecule has 3 heteroatoms. The molecular weight excluding hydrogens is 444 g/mol. The van der Waals surface area contributed by atoms with Crippen LogP contribution in [0.25, 0.3) is 11.3 Å². The molecule has 0 radical (unpaired) electrons. The molecule has 0 aliphatic heterocycles. The van der Waals surface area contributed by atoms with Gasteiger partial charge in [0.05, 0.1) is 0 Å². The van der Waals surface area contributed by atoms with E-state index in [9.17, 15) is 0 Å². The Morgan fingerprint density at radius 1 is 1.03 bits per heavy atom. The van der Waals surface area contributed by atoms with Crippen LogP contribution in [0.4, 0.5) is 0 Å². The molecule has 35 heavy (non-hydrogen) atoms. The maximum absolute atomic E-state index is 6.07. The van der Waals surface area contributed by atoms with Crippen molar-refractivity contribution in [3.05, 3.63) is 107 Å². The molecule has 2 nitrogen and oxygen atoms in total. The average Bonchev–Trinajstić information content (AvgIpc) is 2.82. The highest BCUT2D eigenvalue weighted by atomic mass is 32.2. The predicted octanol–water partition coefficient (Wildman–Crippen LogP) is 8.46. The zero-order chi connectivity index (χ0) is 26.4.